The van der Waals surface area contributed by atoms with Gasteiger partial charge in [-0.25, -0.2) is 0 Å². The molecule has 0 bridgehead atoms. The van der Waals surface area contributed by atoms with Crippen molar-refractivity contribution in [3.05, 3.63) is 167 Å². The zero-order valence-electron chi connectivity index (χ0n) is 20.1. The number of thiophene rings is 1. The lowest BCUT2D eigenvalue weighted by atomic mass is 9.67. The number of halogens is 1. The van der Waals surface area contributed by atoms with Crippen LogP contribution in [0.3, 0.4) is 0 Å². The highest BCUT2D eigenvalue weighted by Crippen LogP contribution is 2.63. The Kier molecular flexibility index (Phi) is 5.35. The van der Waals surface area contributed by atoms with E-state index < -0.39 is 5.41 Å². The van der Waals surface area contributed by atoms with Crippen LogP contribution in [0.5, 0.6) is 0 Å². The van der Waals surface area contributed by atoms with Gasteiger partial charge in [-0.2, -0.15) is 0 Å². The first kappa shape index (κ1) is 22.3. The molecule has 37 heavy (non-hydrogen) atoms. The Balaban J connectivity index is 1.69. The second-order valence-electron chi connectivity index (χ2n) is 9.41. The second kappa shape index (κ2) is 8.88. The zero-order valence-corrected chi connectivity index (χ0v) is 21.6. The first-order chi connectivity index (χ1) is 18.3. The topological polar surface area (TPSA) is 0 Å². The molecule has 1 aromatic heterocycles. The van der Waals surface area contributed by atoms with Crippen molar-refractivity contribution < 1.29 is 0 Å². The summed E-state index contributed by atoms with van der Waals surface area (Å²) < 4.78 is 0. The van der Waals surface area contributed by atoms with Crippen LogP contribution in [0.2, 0.25) is 5.02 Å². The Labute approximate surface area is 226 Å². The molecule has 0 amide bonds. The van der Waals surface area contributed by atoms with Gasteiger partial charge in [-0.15, -0.1) is 11.3 Å². The van der Waals surface area contributed by atoms with Crippen LogP contribution in [0.15, 0.2) is 140 Å². The first-order valence-electron chi connectivity index (χ1n) is 12.5. The molecule has 0 atom stereocenters. The summed E-state index contributed by atoms with van der Waals surface area (Å²) in [6.45, 7) is 0. The summed E-state index contributed by atoms with van der Waals surface area (Å²) in [6.07, 6.45) is 0. The van der Waals surface area contributed by atoms with Crippen LogP contribution in [-0.2, 0) is 5.41 Å². The molecule has 176 valence electrons. The Morgan fingerprint density at radius 2 is 1.00 bits per heavy atom. The minimum atomic E-state index is -0.430. The van der Waals surface area contributed by atoms with Gasteiger partial charge >= 0.3 is 0 Å². The van der Waals surface area contributed by atoms with E-state index in [0.29, 0.717) is 0 Å². The van der Waals surface area contributed by atoms with Gasteiger partial charge in [-0.1, -0.05) is 139 Å². The lowest BCUT2D eigenvalue weighted by Gasteiger charge is -2.34. The summed E-state index contributed by atoms with van der Waals surface area (Å²) in [6, 6.07) is 50.1. The van der Waals surface area contributed by atoms with Gasteiger partial charge in [0.05, 0.1) is 5.41 Å². The molecule has 0 spiro atoms. The van der Waals surface area contributed by atoms with Gasteiger partial charge in [0, 0.05) is 20.3 Å². The van der Waals surface area contributed by atoms with E-state index >= 15 is 0 Å². The van der Waals surface area contributed by atoms with Gasteiger partial charge in [-0.3, -0.25) is 0 Å². The van der Waals surface area contributed by atoms with Crippen molar-refractivity contribution in [2.45, 2.75) is 5.41 Å². The molecule has 0 unspecified atom stereocenters. The summed E-state index contributed by atoms with van der Waals surface area (Å²) in [5, 5.41) is 0.753. The largest absolute Gasteiger partial charge is 0.134 e. The van der Waals surface area contributed by atoms with Crippen molar-refractivity contribution in [1.82, 2.24) is 0 Å². The third kappa shape index (κ3) is 3.35. The summed E-state index contributed by atoms with van der Waals surface area (Å²) in [5.74, 6) is 0. The lowest BCUT2D eigenvalue weighted by molar-refractivity contribution is 0.773. The standard InChI is InChI=1S/C35H23ClS/c36-28-22-20-25(21-23-28)33-31-29-18-10-11-19-30(29)35(26-14-6-2-7-15-26,27-16-8-3-9-17-27)32(31)34(37-33)24-12-4-1-5-13-24/h1-23H. The van der Waals surface area contributed by atoms with E-state index in [1.54, 1.807) is 0 Å². The van der Waals surface area contributed by atoms with E-state index in [-0.39, 0.29) is 0 Å². The molecule has 7 rings (SSSR count). The van der Waals surface area contributed by atoms with E-state index in [1.807, 2.05) is 23.5 Å². The summed E-state index contributed by atoms with van der Waals surface area (Å²) in [7, 11) is 0. The van der Waals surface area contributed by atoms with Crippen LogP contribution in [0, 0.1) is 0 Å². The number of fused-ring (bicyclic) bond motifs is 3. The van der Waals surface area contributed by atoms with Crippen LogP contribution >= 0.6 is 22.9 Å². The number of hydrogen-bond acceptors (Lipinski definition) is 1. The number of benzene rings is 5. The van der Waals surface area contributed by atoms with Crippen molar-refractivity contribution in [2.75, 3.05) is 0 Å². The van der Waals surface area contributed by atoms with Gasteiger partial charge in [0.25, 0.3) is 0 Å². The fraction of sp³-hybridized carbons (Fsp3) is 0.0286. The maximum Gasteiger partial charge on any atom is 0.0728 e. The van der Waals surface area contributed by atoms with E-state index in [4.69, 9.17) is 11.6 Å². The molecule has 0 radical (unpaired) electrons. The van der Waals surface area contributed by atoms with Crippen LogP contribution in [-0.4, -0.2) is 0 Å². The molecular weight excluding hydrogens is 488 g/mol. The third-order valence-electron chi connectivity index (χ3n) is 7.44. The highest BCUT2D eigenvalue weighted by molar-refractivity contribution is 7.19. The minimum Gasteiger partial charge on any atom is -0.134 e. The Morgan fingerprint density at radius 1 is 0.486 bits per heavy atom. The highest BCUT2D eigenvalue weighted by atomic mass is 35.5. The molecule has 0 fully saturated rings. The molecular formula is C35H23ClS. The maximum atomic E-state index is 6.31. The predicted octanol–water partition coefficient (Wildman–Crippen LogP) is 10.1. The molecule has 0 aliphatic heterocycles. The van der Waals surface area contributed by atoms with Crippen molar-refractivity contribution in [3.8, 4) is 32.0 Å². The number of rotatable bonds is 4. The maximum absolute atomic E-state index is 6.31. The fourth-order valence-corrected chi connectivity index (χ4v) is 7.46. The molecule has 0 saturated carbocycles. The first-order valence-corrected chi connectivity index (χ1v) is 13.7. The SMILES string of the molecule is Clc1ccc(-c2sc(-c3ccccc3)c3c2-c2ccccc2C3(c2ccccc2)c2ccccc2)cc1. The van der Waals surface area contributed by atoms with Gasteiger partial charge in [0.1, 0.15) is 0 Å². The van der Waals surface area contributed by atoms with E-state index in [2.05, 4.69) is 127 Å². The molecule has 1 aliphatic carbocycles. The monoisotopic (exact) mass is 510 g/mol. The molecule has 0 nitrogen and oxygen atoms in total. The fourth-order valence-electron chi connectivity index (χ4n) is 5.95. The van der Waals surface area contributed by atoms with E-state index in [9.17, 15) is 0 Å². The summed E-state index contributed by atoms with van der Waals surface area (Å²) in [5.41, 5.74) is 9.90. The van der Waals surface area contributed by atoms with Gasteiger partial charge in [0.15, 0.2) is 0 Å². The molecule has 2 heteroatoms. The van der Waals surface area contributed by atoms with Crippen LogP contribution < -0.4 is 0 Å². The van der Waals surface area contributed by atoms with Crippen LogP contribution in [0.1, 0.15) is 22.3 Å². The van der Waals surface area contributed by atoms with E-state index in [0.717, 1.165) is 5.02 Å². The molecule has 1 aliphatic rings. The van der Waals surface area contributed by atoms with Crippen LogP contribution in [0.25, 0.3) is 32.0 Å². The van der Waals surface area contributed by atoms with E-state index in [1.165, 1.54) is 54.3 Å². The summed E-state index contributed by atoms with van der Waals surface area (Å²) in [4.78, 5) is 2.59. The Morgan fingerprint density at radius 3 is 1.62 bits per heavy atom. The highest BCUT2D eigenvalue weighted by Gasteiger charge is 2.49. The lowest BCUT2D eigenvalue weighted by Crippen LogP contribution is -2.28. The Bertz CT molecular complexity index is 1660. The third-order valence-corrected chi connectivity index (χ3v) is 8.98. The zero-order chi connectivity index (χ0) is 24.8. The van der Waals surface area contributed by atoms with Crippen molar-refractivity contribution in [1.29, 1.82) is 0 Å². The second-order valence-corrected chi connectivity index (χ2v) is 10.9. The van der Waals surface area contributed by atoms with Gasteiger partial charge in [0.2, 0.25) is 0 Å². The minimum absolute atomic E-state index is 0.430. The van der Waals surface area contributed by atoms with Gasteiger partial charge < -0.3 is 0 Å². The Hall–Kier alpha value is -3.91. The smallest absolute Gasteiger partial charge is 0.0728 e. The molecule has 6 aromatic rings. The molecule has 1 heterocycles. The number of hydrogen-bond donors (Lipinski definition) is 0. The molecule has 0 N–H and O–H groups in total. The predicted molar refractivity (Wildman–Crippen MR) is 158 cm³/mol. The molecule has 0 saturated heterocycles. The van der Waals surface area contributed by atoms with Crippen molar-refractivity contribution in [3.63, 3.8) is 0 Å². The van der Waals surface area contributed by atoms with Crippen molar-refractivity contribution in [2.24, 2.45) is 0 Å². The average Bonchev–Trinajstić information content (AvgIpc) is 3.50. The van der Waals surface area contributed by atoms with Crippen molar-refractivity contribution >= 4 is 22.9 Å². The van der Waals surface area contributed by atoms with Crippen LogP contribution in [0.4, 0.5) is 0 Å². The summed E-state index contributed by atoms with van der Waals surface area (Å²) >= 11 is 8.19. The molecule has 5 aromatic carbocycles. The average molecular weight is 511 g/mol. The quantitative estimate of drug-likeness (QED) is 0.221. The normalized spacial score (nSPS) is 13.2. The van der Waals surface area contributed by atoms with Gasteiger partial charge in [-0.05, 0) is 51.1 Å².